The zero-order chi connectivity index (χ0) is 8.77. The molecule has 2 aliphatic carbocycles. The number of Topliss-reactive ketones (excluding diaryl/α,β-unsaturated/α-hetero) is 1. The maximum atomic E-state index is 11.6. The average molecular weight is 166 g/mol. The second-order valence-electron chi connectivity index (χ2n) is 4.70. The third-order valence-corrected chi connectivity index (χ3v) is 4.32. The molecular weight excluding hydrogens is 148 g/mol. The SMILES string of the molecule is CC1CCCC(C)C12CCC2=O. The van der Waals surface area contributed by atoms with E-state index < -0.39 is 0 Å². The minimum Gasteiger partial charge on any atom is -0.299 e. The van der Waals surface area contributed by atoms with Crippen molar-refractivity contribution in [3.63, 3.8) is 0 Å². The van der Waals surface area contributed by atoms with Crippen LogP contribution in [-0.4, -0.2) is 5.78 Å². The molecule has 68 valence electrons. The van der Waals surface area contributed by atoms with Gasteiger partial charge in [0.15, 0.2) is 0 Å². The van der Waals surface area contributed by atoms with Crippen LogP contribution in [0.2, 0.25) is 0 Å². The van der Waals surface area contributed by atoms with Gasteiger partial charge < -0.3 is 0 Å². The second kappa shape index (κ2) is 2.58. The molecule has 0 aliphatic heterocycles. The topological polar surface area (TPSA) is 17.1 Å². The minimum absolute atomic E-state index is 0.137. The Bertz CT molecular complexity index is 197. The molecule has 0 amide bonds. The Balaban J connectivity index is 2.23. The van der Waals surface area contributed by atoms with Gasteiger partial charge in [0.1, 0.15) is 5.78 Å². The third kappa shape index (κ3) is 0.826. The van der Waals surface area contributed by atoms with Gasteiger partial charge in [-0.1, -0.05) is 20.3 Å². The number of carbonyl (C=O) groups excluding carboxylic acids is 1. The van der Waals surface area contributed by atoms with Crippen molar-refractivity contribution in [1.29, 1.82) is 0 Å². The summed E-state index contributed by atoms with van der Waals surface area (Å²) in [4.78, 5) is 11.6. The molecule has 1 heteroatoms. The number of ketones is 1. The molecule has 2 saturated carbocycles. The van der Waals surface area contributed by atoms with Gasteiger partial charge in [-0.05, 0) is 31.1 Å². The maximum Gasteiger partial charge on any atom is 0.139 e. The van der Waals surface area contributed by atoms with Crippen LogP contribution in [0.25, 0.3) is 0 Å². The smallest absolute Gasteiger partial charge is 0.139 e. The summed E-state index contributed by atoms with van der Waals surface area (Å²) in [5, 5.41) is 0. The summed E-state index contributed by atoms with van der Waals surface area (Å²) in [7, 11) is 0. The summed E-state index contributed by atoms with van der Waals surface area (Å²) in [5.74, 6) is 1.87. The monoisotopic (exact) mass is 166 g/mol. The Morgan fingerprint density at radius 3 is 2.08 bits per heavy atom. The molecule has 0 N–H and O–H groups in total. The van der Waals surface area contributed by atoms with E-state index in [9.17, 15) is 4.79 Å². The first kappa shape index (κ1) is 8.28. The third-order valence-electron chi connectivity index (χ3n) is 4.32. The molecule has 2 rings (SSSR count). The van der Waals surface area contributed by atoms with Crippen molar-refractivity contribution >= 4 is 5.78 Å². The lowest BCUT2D eigenvalue weighted by atomic mass is 9.50. The Morgan fingerprint density at radius 2 is 1.83 bits per heavy atom. The van der Waals surface area contributed by atoms with E-state index in [4.69, 9.17) is 0 Å². The molecular formula is C11H18O. The van der Waals surface area contributed by atoms with E-state index in [1.807, 2.05) is 0 Å². The van der Waals surface area contributed by atoms with Gasteiger partial charge >= 0.3 is 0 Å². The molecule has 0 bridgehead atoms. The molecule has 0 radical (unpaired) electrons. The van der Waals surface area contributed by atoms with Crippen LogP contribution in [0.15, 0.2) is 0 Å². The van der Waals surface area contributed by atoms with Crippen molar-refractivity contribution < 1.29 is 4.79 Å². The van der Waals surface area contributed by atoms with Gasteiger partial charge in [0, 0.05) is 11.8 Å². The molecule has 2 aliphatic rings. The van der Waals surface area contributed by atoms with Gasteiger partial charge in [-0.3, -0.25) is 4.79 Å². The summed E-state index contributed by atoms with van der Waals surface area (Å²) in [6.45, 7) is 4.54. The van der Waals surface area contributed by atoms with Crippen LogP contribution in [0.1, 0.15) is 46.0 Å². The van der Waals surface area contributed by atoms with E-state index in [1.54, 1.807) is 0 Å². The first-order chi connectivity index (χ1) is 5.68. The normalized spacial score (nSPS) is 47.7. The Labute approximate surface area is 74.5 Å². The van der Waals surface area contributed by atoms with Crippen LogP contribution in [0.4, 0.5) is 0 Å². The summed E-state index contributed by atoms with van der Waals surface area (Å²) in [5.41, 5.74) is 0.137. The van der Waals surface area contributed by atoms with Crippen molar-refractivity contribution in [2.75, 3.05) is 0 Å². The Morgan fingerprint density at radius 1 is 1.25 bits per heavy atom. The predicted molar refractivity (Wildman–Crippen MR) is 48.9 cm³/mol. The van der Waals surface area contributed by atoms with Crippen LogP contribution >= 0.6 is 0 Å². The predicted octanol–water partition coefficient (Wildman–Crippen LogP) is 2.79. The molecule has 2 unspecified atom stereocenters. The molecule has 2 fully saturated rings. The lowest BCUT2D eigenvalue weighted by Crippen LogP contribution is -2.52. The standard InChI is InChI=1S/C11H18O/c1-8-4-3-5-9(2)11(8)7-6-10(11)12/h8-9H,3-7H2,1-2H3. The number of hydrogen-bond donors (Lipinski definition) is 0. The average Bonchev–Trinajstić information content (AvgIpc) is 2.02. The lowest BCUT2D eigenvalue weighted by Gasteiger charge is -2.52. The highest BCUT2D eigenvalue weighted by Crippen LogP contribution is 2.55. The molecule has 0 saturated heterocycles. The van der Waals surface area contributed by atoms with Crippen LogP contribution in [0.5, 0.6) is 0 Å². The van der Waals surface area contributed by atoms with Crippen LogP contribution < -0.4 is 0 Å². The van der Waals surface area contributed by atoms with Gasteiger partial charge in [-0.2, -0.15) is 0 Å². The van der Waals surface area contributed by atoms with Crippen molar-refractivity contribution in [2.24, 2.45) is 17.3 Å². The Kier molecular flexibility index (Phi) is 1.78. The van der Waals surface area contributed by atoms with Crippen molar-refractivity contribution in [3.05, 3.63) is 0 Å². The van der Waals surface area contributed by atoms with E-state index in [-0.39, 0.29) is 5.41 Å². The molecule has 0 aromatic heterocycles. The van der Waals surface area contributed by atoms with E-state index in [0.29, 0.717) is 17.6 Å². The fraction of sp³-hybridized carbons (Fsp3) is 0.909. The quantitative estimate of drug-likeness (QED) is 0.541. The molecule has 1 spiro atoms. The number of rotatable bonds is 0. The first-order valence-electron chi connectivity index (χ1n) is 5.21. The van der Waals surface area contributed by atoms with Gasteiger partial charge in [0.2, 0.25) is 0 Å². The number of hydrogen-bond acceptors (Lipinski definition) is 1. The highest BCUT2D eigenvalue weighted by Gasteiger charge is 2.54. The summed E-state index contributed by atoms with van der Waals surface area (Å²) >= 11 is 0. The van der Waals surface area contributed by atoms with Gasteiger partial charge in [-0.15, -0.1) is 0 Å². The van der Waals surface area contributed by atoms with Crippen LogP contribution in [0, 0.1) is 17.3 Å². The second-order valence-corrected chi connectivity index (χ2v) is 4.70. The summed E-state index contributed by atoms with van der Waals surface area (Å²) < 4.78 is 0. The molecule has 1 nitrogen and oxygen atoms in total. The molecule has 0 aromatic carbocycles. The highest BCUT2D eigenvalue weighted by atomic mass is 16.1. The van der Waals surface area contributed by atoms with E-state index >= 15 is 0 Å². The Hall–Kier alpha value is -0.330. The van der Waals surface area contributed by atoms with E-state index in [2.05, 4.69) is 13.8 Å². The van der Waals surface area contributed by atoms with E-state index in [1.165, 1.54) is 25.7 Å². The van der Waals surface area contributed by atoms with Gasteiger partial charge in [0.25, 0.3) is 0 Å². The summed E-state index contributed by atoms with van der Waals surface area (Å²) in [6.07, 6.45) is 5.91. The van der Waals surface area contributed by atoms with Crippen LogP contribution in [-0.2, 0) is 4.79 Å². The fourth-order valence-electron chi connectivity index (χ4n) is 3.29. The fourth-order valence-corrected chi connectivity index (χ4v) is 3.29. The molecule has 0 aromatic rings. The highest BCUT2D eigenvalue weighted by molar-refractivity contribution is 5.91. The first-order valence-corrected chi connectivity index (χ1v) is 5.21. The zero-order valence-electron chi connectivity index (χ0n) is 8.10. The largest absolute Gasteiger partial charge is 0.299 e. The summed E-state index contributed by atoms with van der Waals surface area (Å²) in [6, 6.07) is 0. The van der Waals surface area contributed by atoms with Crippen molar-refractivity contribution in [1.82, 2.24) is 0 Å². The maximum absolute atomic E-state index is 11.6. The van der Waals surface area contributed by atoms with Gasteiger partial charge in [0.05, 0.1) is 0 Å². The minimum atomic E-state index is 0.137. The molecule has 12 heavy (non-hydrogen) atoms. The molecule has 2 atom stereocenters. The van der Waals surface area contributed by atoms with E-state index in [0.717, 1.165) is 6.42 Å². The van der Waals surface area contributed by atoms with Gasteiger partial charge in [-0.25, -0.2) is 0 Å². The van der Waals surface area contributed by atoms with Crippen LogP contribution in [0.3, 0.4) is 0 Å². The molecule has 0 heterocycles. The van der Waals surface area contributed by atoms with Crippen molar-refractivity contribution in [2.45, 2.75) is 46.0 Å². The number of carbonyl (C=O) groups is 1. The van der Waals surface area contributed by atoms with Crippen molar-refractivity contribution in [3.8, 4) is 0 Å². The zero-order valence-corrected chi connectivity index (χ0v) is 8.10. The lowest BCUT2D eigenvalue weighted by molar-refractivity contribution is -0.151.